The van der Waals surface area contributed by atoms with Crippen LogP contribution in [-0.4, -0.2) is 9.97 Å². The molecule has 0 aliphatic heterocycles. The highest BCUT2D eigenvalue weighted by Crippen LogP contribution is 2.20. The monoisotopic (exact) mass is 408 g/mol. The molecular formula is C27H40N2O. The summed E-state index contributed by atoms with van der Waals surface area (Å²) in [7, 11) is 0. The molecule has 0 amide bonds. The smallest absolute Gasteiger partial charge is 0.159 e. The van der Waals surface area contributed by atoms with Gasteiger partial charge in [0, 0.05) is 18.0 Å². The third-order valence-corrected chi connectivity index (χ3v) is 5.41. The average Bonchev–Trinajstić information content (AvgIpc) is 2.79. The molecule has 0 aliphatic carbocycles. The number of unbranched alkanes of at least 4 members (excludes halogenated alkanes) is 10. The molecule has 0 bridgehead atoms. The van der Waals surface area contributed by atoms with Gasteiger partial charge in [0.1, 0.15) is 5.75 Å². The maximum atomic E-state index is 5.71. The minimum absolute atomic E-state index is 0.773. The first-order valence-corrected chi connectivity index (χ1v) is 12.1. The van der Waals surface area contributed by atoms with Crippen LogP contribution in [0.1, 0.15) is 96.5 Å². The standard InChI is InChI=1S/C27H40N2O/c1-3-5-7-9-10-11-13-15-21-30-26-19-17-25(18-20-26)27-28-22-24(23-29-27)16-14-12-8-6-4-2/h15,17-23H,3-14,16H2,1-2H3/b21-15+. The predicted molar refractivity (Wildman–Crippen MR) is 128 cm³/mol. The van der Waals surface area contributed by atoms with E-state index in [0.29, 0.717) is 0 Å². The summed E-state index contributed by atoms with van der Waals surface area (Å²) in [5.74, 6) is 1.62. The Kier molecular flexibility index (Phi) is 12.6. The zero-order chi connectivity index (χ0) is 21.3. The van der Waals surface area contributed by atoms with Gasteiger partial charge in [-0.15, -0.1) is 0 Å². The summed E-state index contributed by atoms with van der Waals surface area (Å²) in [5, 5.41) is 0. The van der Waals surface area contributed by atoms with Gasteiger partial charge in [-0.05, 0) is 61.6 Å². The summed E-state index contributed by atoms with van der Waals surface area (Å²) < 4.78 is 5.71. The molecule has 3 nitrogen and oxygen atoms in total. The molecule has 0 fully saturated rings. The second kappa shape index (κ2) is 15.6. The van der Waals surface area contributed by atoms with Gasteiger partial charge in [-0.2, -0.15) is 0 Å². The number of hydrogen-bond acceptors (Lipinski definition) is 3. The zero-order valence-electron chi connectivity index (χ0n) is 19.1. The van der Waals surface area contributed by atoms with Crippen molar-refractivity contribution in [3.63, 3.8) is 0 Å². The first-order chi connectivity index (χ1) is 14.8. The van der Waals surface area contributed by atoms with Crippen LogP contribution in [-0.2, 0) is 6.42 Å². The van der Waals surface area contributed by atoms with Crippen molar-refractivity contribution < 1.29 is 4.74 Å². The van der Waals surface area contributed by atoms with Crippen molar-refractivity contribution in [1.82, 2.24) is 9.97 Å². The molecule has 0 radical (unpaired) electrons. The molecule has 2 rings (SSSR count). The zero-order valence-corrected chi connectivity index (χ0v) is 19.1. The molecule has 1 aromatic carbocycles. The van der Waals surface area contributed by atoms with E-state index in [0.717, 1.165) is 30.0 Å². The highest BCUT2D eigenvalue weighted by molar-refractivity contribution is 5.55. The van der Waals surface area contributed by atoms with Gasteiger partial charge in [0.25, 0.3) is 0 Å². The molecule has 0 unspecified atom stereocenters. The minimum Gasteiger partial charge on any atom is -0.465 e. The van der Waals surface area contributed by atoms with Crippen LogP contribution in [0.4, 0.5) is 0 Å². The molecule has 0 aliphatic rings. The van der Waals surface area contributed by atoms with Crippen LogP contribution in [0.3, 0.4) is 0 Å². The second-order valence-corrected chi connectivity index (χ2v) is 8.15. The number of nitrogens with zero attached hydrogens (tertiary/aromatic N) is 2. The number of aromatic nitrogens is 2. The molecule has 1 heterocycles. The quantitative estimate of drug-likeness (QED) is 0.207. The van der Waals surface area contributed by atoms with Crippen LogP contribution in [0.2, 0.25) is 0 Å². The van der Waals surface area contributed by atoms with E-state index in [4.69, 9.17) is 4.74 Å². The third-order valence-electron chi connectivity index (χ3n) is 5.41. The van der Waals surface area contributed by atoms with Crippen LogP contribution >= 0.6 is 0 Å². The number of aryl methyl sites for hydroxylation is 1. The summed E-state index contributed by atoms with van der Waals surface area (Å²) >= 11 is 0. The van der Waals surface area contributed by atoms with Crippen molar-refractivity contribution in [1.29, 1.82) is 0 Å². The van der Waals surface area contributed by atoms with Gasteiger partial charge in [-0.3, -0.25) is 0 Å². The molecule has 0 spiro atoms. The van der Waals surface area contributed by atoms with Crippen molar-refractivity contribution in [3.05, 3.63) is 54.6 Å². The molecule has 0 saturated carbocycles. The van der Waals surface area contributed by atoms with Crippen LogP contribution in [0.15, 0.2) is 49.0 Å². The van der Waals surface area contributed by atoms with Crippen LogP contribution < -0.4 is 4.74 Å². The Morgan fingerprint density at radius 1 is 0.733 bits per heavy atom. The third kappa shape index (κ3) is 10.0. The van der Waals surface area contributed by atoms with Crippen LogP contribution in [0.25, 0.3) is 11.4 Å². The van der Waals surface area contributed by atoms with E-state index in [2.05, 4.69) is 29.9 Å². The van der Waals surface area contributed by atoms with Gasteiger partial charge in [0.05, 0.1) is 6.26 Å². The summed E-state index contributed by atoms with van der Waals surface area (Å²) in [4.78, 5) is 9.10. The number of hydrogen-bond donors (Lipinski definition) is 0. The fraction of sp³-hybridized carbons (Fsp3) is 0.556. The normalized spacial score (nSPS) is 11.3. The van der Waals surface area contributed by atoms with E-state index < -0.39 is 0 Å². The highest BCUT2D eigenvalue weighted by Gasteiger charge is 2.02. The highest BCUT2D eigenvalue weighted by atomic mass is 16.5. The van der Waals surface area contributed by atoms with Gasteiger partial charge in [0.15, 0.2) is 5.82 Å². The van der Waals surface area contributed by atoms with Crippen molar-refractivity contribution in [2.24, 2.45) is 0 Å². The molecule has 30 heavy (non-hydrogen) atoms. The van der Waals surface area contributed by atoms with Gasteiger partial charge in [0.2, 0.25) is 0 Å². The largest absolute Gasteiger partial charge is 0.465 e. The first-order valence-electron chi connectivity index (χ1n) is 12.1. The molecule has 164 valence electrons. The van der Waals surface area contributed by atoms with Gasteiger partial charge >= 0.3 is 0 Å². The van der Waals surface area contributed by atoms with E-state index in [1.807, 2.05) is 42.9 Å². The Hall–Kier alpha value is -2.16. The molecule has 0 N–H and O–H groups in total. The molecule has 0 atom stereocenters. The Labute approximate surface area is 184 Å². The number of rotatable bonds is 16. The SMILES string of the molecule is CCCCCCCC/C=C/Oc1ccc(-c2ncc(CCCCCCC)cn2)cc1. The lowest BCUT2D eigenvalue weighted by Gasteiger charge is -2.05. The maximum absolute atomic E-state index is 5.71. The number of ether oxygens (including phenoxy) is 1. The molecule has 0 saturated heterocycles. The Morgan fingerprint density at radius 2 is 1.33 bits per heavy atom. The van der Waals surface area contributed by atoms with E-state index in [1.54, 1.807) is 0 Å². The first kappa shape index (κ1) is 24.1. The van der Waals surface area contributed by atoms with E-state index in [1.165, 1.54) is 76.2 Å². The molecule has 3 heteroatoms. The van der Waals surface area contributed by atoms with Crippen molar-refractivity contribution in [3.8, 4) is 17.1 Å². The predicted octanol–water partition coefficient (Wildman–Crippen LogP) is 8.30. The molecular weight excluding hydrogens is 368 g/mol. The fourth-order valence-electron chi connectivity index (χ4n) is 3.49. The van der Waals surface area contributed by atoms with E-state index in [-0.39, 0.29) is 0 Å². The molecule has 1 aromatic heterocycles. The Morgan fingerprint density at radius 3 is 2.00 bits per heavy atom. The summed E-state index contributed by atoms with van der Waals surface area (Å²) in [6.07, 6.45) is 24.5. The lowest BCUT2D eigenvalue weighted by molar-refractivity contribution is 0.477. The Balaban J connectivity index is 1.69. The molecule has 2 aromatic rings. The van der Waals surface area contributed by atoms with Crippen molar-refractivity contribution in [2.75, 3.05) is 0 Å². The maximum Gasteiger partial charge on any atom is 0.159 e. The summed E-state index contributed by atoms with van der Waals surface area (Å²) in [6.45, 7) is 4.51. The number of allylic oxidation sites excluding steroid dienone is 1. The lowest BCUT2D eigenvalue weighted by Crippen LogP contribution is -1.93. The Bertz CT molecular complexity index is 692. The average molecular weight is 409 g/mol. The lowest BCUT2D eigenvalue weighted by atomic mass is 10.1. The fourth-order valence-corrected chi connectivity index (χ4v) is 3.49. The van der Waals surface area contributed by atoms with Gasteiger partial charge < -0.3 is 4.74 Å². The topological polar surface area (TPSA) is 35.0 Å². The van der Waals surface area contributed by atoms with Crippen LogP contribution in [0.5, 0.6) is 5.75 Å². The van der Waals surface area contributed by atoms with E-state index >= 15 is 0 Å². The summed E-state index contributed by atoms with van der Waals surface area (Å²) in [5.41, 5.74) is 2.25. The number of benzene rings is 1. The van der Waals surface area contributed by atoms with Crippen molar-refractivity contribution >= 4 is 0 Å². The van der Waals surface area contributed by atoms with Crippen molar-refractivity contribution in [2.45, 2.75) is 97.3 Å². The second-order valence-electron chi connectivity index (χ2n) is 8.15. The van der Waals surface area contributed by atoms with E-state index in [9.17, 15) is 0 Å². The summed E-state index contributed by atoms with van der Waals surface area (Å²) in [6, 6.07) is 8.01. The van der Waals surface area contributed by atoms with Gasteiger partial charge in [-0.25, -0.2) is 9.97 Å². The minimum atomic E-state index is 0.773. The van der Waals surface area contributed by atoms with Crippen LogP contribution in [0, 0.1) is 0 Å². The van der Waals surface area contributed by atoms with Gasteiger partial charge in [-0.1, -0.05) is 71.6 Å².